The maximum Gasteiger partial charge on any atom is 0.00830 e. The Morgan fingerprint density at radius 3 is 2.64 bits per heavy atom. The van der Waals surface area contributed by atoms with Crippen molar-refractivity contribution in [2.24, 2.45) is 5.92 Å². The Balaban J connectivity index is 2.41. The molecule has 11 heavy (non-hydrogen) atoms. The zero-order valence-corrected chi connectivity index (χ0v) is 7.67. The lowest BCUT2D eigenvalue weighted by atomic mass is 10.1. The zero-order chi connectivity index (χ0) is 8.27. The third kappa shape index (κ3) is 2.51. The van der Waals surface area contributed by atoms with Crippen LogP contribution in [0, 0.1) is 5.92 Å². The molecule has 0 aromatic carbocycles. The molecule has 1 atom stereocenters. The second-order valence-corrected chi connectivity index (χ2v) is 3.38. The molecule has 0 aromatic heterocycles. The van der Waals surface area contributed by atoms with Gasteiger partial charge < -0.3 is 4.90 Å². The van der Waals surface area contributed by atoms with Crippen molar-refractivity contribution in [3.8, 4) is 0 Å². The van der Waals surface area contributed by atoms with Crippen LogP contribution in [-0.2, 0) is 0 Å². The second kappa shape index (κ2) is 3.72. The molecule has 0 radical (unpaired) electrons. The van der Waals surface area contributed by atoms with Crippen LogP contribution in [0.5, 0.6) is 0 Å². The predicted octanol–water partition coefficient (Wildman–Crippen LogP) is 2.07. The molecule has 0 bridgehead atoms. The SMILES string of the molecule is CCC1=CC(CN(C)C)C=C1. The Bertz CT molecular complexity index is 177. The van der Waals surface area contributed by atoms with Crippen LogP contribution in [0.4, 0.5) is 0 Å². The van der Waals surface area contributed by atoms with Gasteiger partial charge in [0.1, 0.15) is 0 Å². The van der Waals surface area contributed by atoms with Gasteiger partial charge in [-0.05, 0) is 20.5 Å². The topological polar surface area (TPSA) is 3.24 Å². The van der Waals surface area contributed by atoms with E-state index in [0.29, 0.717) is 5.92 Å². The van der Waals surface area contributed by atoms with Crippen molar-refractivity contribution in [3.63, 3.8) is 0 Å². The number of hydrogen-bond acceptors (Lipinski definition) is 1. The van der Waals surface area contributed by atoms with Crippen molar-refractivity contribution in [3.05, 3.63) is 23.8 Å². The number of allylic oxidation sites excluding steroid dienone is 2. The highest BCUT2D eigenvalue weighted by atomic mass is 15.1. The molecular weight excluding hydrogens is 134 g/mol. The summed E-state index contributed by atoms with van der Waals surface area (Å²) in [7, 11) is 4.23. The second-order valence-electron chi connectivity index (χ2n) is 3.38. The largest absolute Gasteiger partial charge is 0.309 e. The van der Waals surface area contributed by atoms with Gasteiger partial charge in [-0.25, -0.2) is 0 Å². The van der Waals surface area contributed by atoms with Crippen LogP contribution < -0.4 is 0 Å². The van der Waals surface area contributed by atoms with Gasteiger partial charge in [-0.3, -0.25) is 0 Å². The van der Waals surface area contributed by atoms with E-state index < -0.39 is 0 Å². The van der Waals surface area contributed by atoms with Gasteiger partial charge in [-0.15, -0.1) is 0 Å². The fourth-order valence-electron chi connectivity index (χ4n) is 1.40. The van der Waals surface area contributed by atoms with E-state index in [-0.39, 0.29) is 0 Å². The highest BCUT2D eigenvalue weighted by Crippen LogP contribution is 2.18. The van der Waals surface area contributed by atoms with Crippen molar-refractivity contribution in [1.29, 1.82) is 0 Å². The minimum atomic E-state index is 0.653. The van der Waals surface area contributed by atoms with Crippen molar-refractivity contribution < 1.29 is 0 Å². The molecular formula is C10H17N. The molecule has 0 aromatic rings. The first-order valence-electron chi connectivity index (χ1n) is 4.26. The molecule has 1 rings (SSSR count). The molecule has 0 N–H and O–H groups in total. The van der Waals surface area contributed by atoms with Crippen LogP contribution in [0.15, 0.2) is 23.8 Å². The normalized spacial score (nSPS) is 22.9. The Labute approximate surface area is 69.4 Å². The third-order valence-corrected chi connectivity index (χ3v) is 1.97. The molecule has 1 nitrogen and oxygen atoms in total. The summed E-state index contributed by atoms with van der Waals surface area (Å²) in [5.41, 5.74) is 1.48. The first-order chi connectivity index (χ1) is 5.22. The lowest BCUT2D eigenvalue weighted by Gasteiger charge is -2.12. The molecule has 62 valence electrons. The van der Waals surface area contributed by atoms with E-state index >= 15 is 0 Å². The van der Waals surface area contributed by atoms with Crippen molar-refractivity contribution in [2.45, 2.75) is 13.3 Å². The van der Waals surface area contributed by atoms with Gasteiger partial charge in [0.15, 0.2) is 0 Å². The fourth-order valence-corrected chi connectivity index (χ4v) is 1.40. The Morgan fingerprint density at radius 2 is 2.18 bits per heavy atom. The summed E-state index contributed by atoms with van der Waals surface area (Å²) in [5, 5.41) is 0. The predicted molar refractivity (Wildman–Crippen MR) is 49.6 cm³/mol. The van der Waals surface area contributed by atoms with Gasteiger partial charge in [0.2, 0.25) is 0 Å². The minimum Gasteiger partial charge on any atom is -0.309 e. The van der Waals surface area contributed by atoms with Crippen LogP contribution in [0.2, 0.25) is 0 Å². The van der Waals surface area contributed by atoms with Gasteiger partial charge in [0.05, 0.1) is 0 Å². The summed E-state index contributed by atoms with van der Waals surface area (Å²) in [4.78, 5) is 2.23. The van der Waals surface area contributed by atoms with Crippen LogP contribution in [-0.4, -0.2) is 25.5 Å². The van der Waals surface area contributed by atoms with E-state index in [1.807, 2.05) is 0 Å². The van der Waals surface area contributed by atoms with Crippen LogP contribution in [0.25, 0.3) is 0 Å². The van der Waals surface area contributed by atoms with E-state index in [2.05, 4.69) is 44.1 Å². The molecule has 0 saturated carbocycles. The summed E-state index contributed by atoms with van der Waals surface area (Å²) in [6, 6.07) is 0. The number of nitrogens with zero attached hydrogens (tertiary/aromatic N) is 1. The fraction of sp³-hybridized carbons (Fsp3) is 0.600. The number of hydrogen-bond donors (Lipinski definition) is 0. The van der Waals surface area contributed by atoms with Crippen molar-refractivity contribution >= 4 is 0 Å². The van der Waals surface area contributed by atoms with Crippen molar-refractivity contribution in [2.75, 3.05) is 20.6 Å². The third-order valence-electron chi connectivity index (χ3n) is 1.97. The van der Waals surface area contributed by atoms with E-state index in [1.54, 1.807) is 0 Å². The van der Waals surface area contributed by atoms with Gasteiger partial charge in [-0.2, -0.15) is 0 Å². The molecule has 0 spiro atoms. The lowest BCUT2D eigenvalue weighted by molar-refractivity contribution is 0.386. The van der Waals surface area contributed by atoms with Gasteiger partial charge >= 0.3 is 0 Å². The Hall–Kier alpha value is -0.560. The minimum absolute atomic E-state index is 0.653. The summed E-state index contributed by atoms with van der Waals surface area (Å²) in [5.74, 6) is 0.653. The molecule has 0 aliphatic heterocycles. The average Bonchev–Trinajstić information content (AvgIpc) is 2.34. The first-order valence-corrected chi connectivity index (χ1v) is 4.26. The van der Waals surface area contributed by atoms with Crippen LogP contribution in [0.1, 0.15) is 13.3 Å². The standard InChI is InChI=1S/C10H17N/c1-4-9-5-6-10(7-9)8-11(2)3/h5-7,10H,4,8H2,1-3H3. The molecule has 1 aliphatic rings. The van der Waals surface area contributed by atoms with Crippen molar-refractivity contribution in [1.82, 2.24) is 4.90 Å². The summed E-state index contributed by atoms with van der Waals surface area (Å²) < 4.78 is 0. The van der Waals surface area contributed by atoms with Crippen LogP contribution >= 0.6 is 0 Å². The van der Waals surface area contributed by atoms with Gasteiger partial charge in [-0.1, -0.05) is 30.7 Å². The van der Waals surface area contributed by atoms with Crippen LogP contribution in [0.3, 0.4) is 0 Å². The van der Waals surface area contributed by atoms with E-state index in [4.69, 9.17) is 0 Å². The van der Waals surface area contributed by atoms with E-state index in [9.17, 15) is 0 Å². The summed E-state index contributed by atoms with van der Waals surface area (Å²) >= 11 is 0. The highest BCUT2D eigenvalue weighted by Gasteiger charge is 2.08. The maximum atomic E-state index is 2.36. The van der Waals surface area contributed by atoms with E-state index in [0.717, 1.165) is 6.54 Å². The molecule has 0 heterocycles. The zero-order valence-electron chi connectivity index (χ0n) is 7.67. The number of rotatable bonds is 3. The van der Waals surface area contributed by atoms with Gasteiger partial charge in [0, 0.05) is 12.5 Å². The maximum absolute atomic E-state index is 2.36. The molecule has 0 fully saturated rings. The quantitative estimate of drug-likeness (QED) is 0.597. The molecule has 1 unspecified atom stereocenters. The monoisotopic (exact) mass is 151 g/mol. The average molecular weight is 151 g/mol. The van der Waals surface area contributed by atoms with E-state index in [1.165, 1.54) is 12.0 Å². The molecule has 1 aliphatic carbocycles. The molecule has 0 saturated heterocycles. The Kier molecular flexibility index (Phi) is 2.89. The smallest absolute Gasteiger partial charge is 0.00830 e. The Morgan fingerprint density at radius 1 is 1.45 bits per heavy atom. The molecule has 1 heteroatoms. The van der Waals surface area contributed by atoms with Gasteiger partial charge in [0.25, 0.3) is 0 Å². The lowest BCUT2D eigenvalue weighted by Crippen LogP contribution is -2.18. The summed E-state index contributed by atoms with van der Waals surface area (Å²) in [6.45, 7) is 3.34. The highest BCUT2D eigenvalue weighted by molar-refractivity contribution is 5.28. The summed E-state index contributed by atoms with van der Waals surface area (Å²) in [6.07, 6.45) is 8.06. The first kappa shape index (κ1) is 8.54. The molecule has 0 amide bonds.